The fourth-order valence-electron chi connectivity index (χ4n) is 3.36. The topological polar surface area (TPSA) is 80.0 Å². The molecule has 2 N–H and O–H groups in total. The number of hydrogen-bond acceptors (Lipinski definition) is 5. The zero-order valence-electron chi connectivity index (χ0n) is 17.0. The Morgan fingerprint density at radius 2 is 2.18 bits per heavy atom. The zero-order chi connectivity index (χ0) is 19.3. The van der Waals surface area contributed by atoms with Crippen LogP contribution in [0.3, 0.4) is 0 Å². The van der Waals surface area contributed by atoms with E-state index in [0.29, 0.717) is 29.7 Å². The van der Waals surface area contributed by atoms with Crippen LogP contribution in [0.2, 0.25) is 0 Å². The summed E-state index contributed by atoms with van der Waals surface area (Å²) in [5.41, 5.74) is 1.50. The van der Waals surface area contributed by atoms with E-state index in [-0.39, 0.29) is 23.7 Å². The second-order valence-electron chi connectivity index (χ2n) is 8.59. The number of piperidine rings is 1. The van der Waals surface area contributed by atoms with E-state index in [4.69, 9.17) is 4.52 Å². The Bertz CT molecular complexity index is 764. The third kappa shape index (κ3) is 6.60. The zero-order valence-corrected chi connectivity index (χ0v) is 17.8. The molecule has 154 valence electrons. The van der Waals surface area contributed by atoms with E-state index < -0.39 is 0 Å². The van der Waals surface area contributed by atoms with Gasteiger partial charge in [-0.1, -0.05) is 38.1 Å². The van der Waals surface area contributed by atoms with Gasteiger partial charge in [-0.15, -0.1) is 12.4 Å². The van der Waals surface area contributed by atoms with Gasteiger partial charge in [-0.05, 0) is 55.8 Å². The normalized spacial score (nSPS) is 17.0. The molecular formula is C21H31ClN4O2. The number of carbonyl (C=O) groups excluding carboxylic acids is 1. The standard InChI is InChI=1S/C21H30N4O2.ClH/c1-21(2,3)13-18-24-19(25-27-18)16-7-4-8-17(12-16)20(26)23-11-9-15-6-5-10-22-14-15;/h4,7-8,12,15,22H,5-6,9-11,13-14H2,1-3H3,(H,23,26);1H. The van der Waals surface area contributed by atoms with Crippen LogP contribution in [0.25, 0.3) is 11.4 Å². The molecule has 0 spiro atoms. The maximum Gasteiger partial charge on any atom is 0.251 e. The first kappa shape index (κ1) is 22.4. The van der Waals surface area contributed by atoms with Crippen LogP contribution in [0.1, 0.15) is 56.3 Å². The number of carbonyl (C=O) groups is 1. The molecule has 1 aliphatic heterocycles. The molecule has 1 saturated heterocycles. The number of amides is 1. The van der Waals surface area contributed by atoms with E-state index in [9.17, 15) is 4.79 Å². The highest BCUT2D eigenvalue weighted by atomic mass is 35.5. The number of nitrogens with zero attached hydrogens (tertiary/aromatic N) is 2. The van der Waals surface area contributed by atoms with Crippen LogP contribution in [0, 0.1) is 11.3 Å². The van der Waals surface area contributed by atoms with Crippen LogP contribution >= 0.6 is 12.4 Å². The fraction of sp³-hybridized carbons (Fsp3) is 0.571. The Balaban J connectivity index is 0.00000280. The lowest BCUT2D eigenvalue weighted by atomic mass is 9.92. The summed E-state index contributed by atoms with van der Waals surface area (Å²) in [6.07, 6.45) is 4.20. The van der Waals surface area contributed by atoms with Crippen LogP contribution in [0.5, 0.6) is 0 Å². The third-order valence-corrected chi connectivity index (χ3v) is 4.77. The van der Waals surface area contributed by atoms with Crippen molar-refractivity contribution in [2.75, 3.05) is 19.6 Å². The van der Waals surface area contributed by atoms with Crippen molar-refractivity contribution in [3.63, 3.8) is 0 Å². The number of benzene rings is 1. The summed E-state index contributed by atoms with van der Waals surface area (Å²) >= 11 is 0. The summed E-state index contributed by atoms with van der Waals surface area (Å²) in [4.78, 5) is 16.9. The lowest BCUT2D eigenvalue weighted by Crippen LogP contribution is -2.33. The second-order valence-corrected chi connectivity index (χ2v) is 8.59. The van der Waals surface area contributed by atoms with E-state index in [0.717, 1.165) is 31.5 Å². The molecule has 2 aromatic rings. The lowest BCUT2D eigenvalue weighted by Gasteiger charge is -2.22. The average molecular weight is 407 g/mol. The SMILES string of the molecule is CC(C)(C)Cc1nc(-c2cccc(C(=O)NCCC3CCCNC3)c2)no1.Cl. The van der Waals surface area contributed by atoms with Gasteiger partial charge in [0.15, 0.2) is 0 Å². The number of halogens is 1. The Hall–Kier alpha value is -1.92. The van der Waals surface area contributed by atoms with Gasteiger partial charge in [-0.3, -0.25) is 4.79 Å². The molecule has 1 atom stereocenters. The van der Waals surface area contributed by atoms with E-state index in [1.807, 2.05) is 24.3 Å². The first-order valence-electron chi connectivity index (χ1n) is 9.83. The maximum absolute atomic E-state index is 12.5. The van der Waals surface area contributed by atoms with Gasteiger partial charge in [-0.2, -0.15) is 4.98 Å². The van der Waals surface area contributed by atoms with Crippen molar-refractivity contribution >= 4 is 18.3 Å². The second kappa shape index (κ2) is 10.0. The molecule has 1 aromatic heterocycles. The van der Waals surface area contributed by atoms with Crippen molar-refractivity contribution in [3.05, 3.63) is 35.7 Å². The summed E-state index contributed by atoms with van der Waals surface area (Å²) in [7, 11) is 0. The predicted molar refractivity (Wildman–Crippen MR) is 113 cm³/mol. The van der Waals surface area contributed by atoms with Gasteiger partial charge in [-0.25, -0.2) is 0 Å². The highest BCUT2D eigenvalue weighted by Crippen LogP contribution is 2.22. The molecule has 0 saturated carbocycles. The van der Waals surface area contributed by atoms with E-state index >= 15 is 0 Å². The van der Waals surface area contributed by atoms with Crippen molar-refractivity contribution < 1.29 is 9.32 Å². The van der Waals surface area contributed by atoms with Crippen molar-refractivity contribution in [1.82, 2.24) is 20.8 Å². The number of aromatic nitrogens is 2. The molecule has 1 amide bonds. The highest BCUT2D eigenvalue weighted by Gasteiger charge is 2.18. The molecule has 28 heavy (non-hydrogen) atoms. The van der Waals surface area contributed by atoms with E-state index in [1.54, 1.807) is 0 Å². The molecule has 0 radical (unpaired) electrons. The smallest absolute Gasteiger partial charge is 0.251 e. The number of rotatable bonds is 6. The number of nitrogens with one attached hydrogen (secondary N) is 2. The molecule has 3 rings (SSSR count). The van der Waals surface area contributed by atoms with Crippen LogP contribution in [0.15, 0.2) is 28.8 Å². The summed E-state index contributed by atoms with van der Waals surface area (Å²) in [6.45, 7) is 9.26. The van der Waals surface area contributed by atoms with Crippen molar-refractivity contribution in [3.8, 4) is 11.4 Å². The van der Waals surface area contributed by atoms with Gasteiger partial charge in [0.25, 0.3) is 5.91 Å². The minimum atomic E-state index is -0.0565. The minimum Gasteiger partial charge on any atom is -0.352 e. The monoisotopic (exact) mass is 406 g/mol. The van der Waals surface area contributed by atoms with Gasteiger partial charge < -0.3 is 15.2 Å². The Morgan fingerprint density at radius 1 is 1.36 bits per heavy atom. The van der Waals surface area contributed by atoms with Gasteiger partial charge >= 0.3 is 0 Å². The first-order valence-corrected chi connectivity index (χ1v) is 9.83. The van der Waals surface area contributed by atoms with Crippen LogP contribution in [-0.4, -0.2) is 35.7 Å². The molecule has 1 fully saturated rings. The van der Waals surface area contributed by atoms with E-state index in [2.05, 4.69) is 41.5 Å². The summed E-state index contributed by atoms with van der Waals surface area (Å²) < 4.78 is 5.36. The Morgan fingerprint density at radius 3 is 2.89 bits per heavy atom. The minimum absolute atomic E-state index is 0. The molecule has 0 bridgehead atoms. The Kier molecular flexibility index (Phi) is 8.01. The van der Waals surface area contributed by atoms with Crippen LogP contribution in [0.4, 0.5) is 0 Å². The Labute approximate surface area is 173 Å². The first-order chi connectivity index (χ1) is 12.9. The molecule has 0 aliphatic carbocycles. The molecule has 1 unspecified atom stereocenters. The molecular weight excluding hydrogens is 376 g/mol. The average Bonchev–Trinajstić information content (AvgIpc) is 3.09. The third-order valence-electron chi connectivity index (χ3n) is 4.77. The van der Waals surface area contributed by atoms with Crippen LogP contribution < -0.4 is 10.6 Å². The maximum atomic E-state index is 12.5. The van der Waals surface area contributed by atoms with Crippen molar-refractivity contribution in [2.24, 2.45) is 11.3 Å². The van der Waals surface area contributed by atoms with Crippen molar-refractivity contribution in [2.45, 2.75) is 46.5 Å². The quantitative estimate of drug-likeness (QED) is 0.761. The van der Waals surface area contributed by atoms with Crippen LogP contribution in [-0.2, 0) is 6.42 Å². The molecule has 6 nitrogen and oxygen atoms in total. The van der Waals surface area contributed by atoms with Gasteiger partial charge in [0.2, 0.25) is 11.7 Å². The van der Waals surface area contributed by atoms with Gasteiger partial charge in [0, 0.05) is 24.1 Å². The molecule has 1 aliphatic rings. The van der Waals surface area contributed by atoms with E-state index in [1.165, 1.54) is 12.8 Å². The molecule has 2 heterocycles. The summed E-state index contributed by atoms with van der Waals surface area (Å²) in [5.74, 6) is 1.75. The fourth-order valence-corrected chi connectivity index (χ4v) is 3.36. The van der Waals surface area contributed by atoms with Gasteiger partial charge in [0.05, 0.1) is 0 Å². The van der Waals surface area contributed by atoms with Gasteiger partial charge in [0.1, 0.15) is 0 Å². The number of hydrogen-bond donors (Lipinski definition) is 2. The molecule has 7 heteroatoms. The lowest BCUT2D eigenvalue weighted by molar-refractivity contribution is 0.0950. The molecule has 1 aromatic carbocycles. The van der Waals surface area contributed by atoms with Crippen molar-refractivity contribution in [1.29, 1.82) is 0 Å². The summed E-state index contributed by atoms with van der Waals surface area (Å²) in [5, 5.41) is 10.5. The largest absolute Gasteiger partial charge is 0.352 e. The highest BCUT2D eigenvalue weighted by molar-refractivity contribution is 5.95. The summed E-state index contributed by atoms with van der Waals surface area (Å²) in [6, 6.07) is 7.39. The predicted octanol–water partition coefficient (Wildman–Crippen LogP) is 3.87.